The SMILES string of the molecule is CS(=O)(=O)c1ccc(OCC[C@@H]2C[C@@H]2C2CCN(CC(F)(F)C(F)(F)F)CC2)nc1. The summed E-state index contributed by atoms with van der Waals surface area (Å²) in [6.07, 6.45) is -0.0924. The van der Waals surface area contributed by atoms with E-state index in [9.17, 15) is 30.4 Å². The second kappa shape index (κ2) is 8.57. The molecule has 0 radical (unpaired) electrons. The number of sulfone groups is 1. The summed E-state index contributed by atoms with van der Waals surface area (Å²) < 4.78 is 91.8. The molecule has 170 valence electrons. The normalized spacial score (nSPS) is 24.1. The Bertz CT molecular complexity index is 822. The summed E-state index contributed by atoms with van der Waals surface area (Å²) >= 11 is 0. The summed E-state index contributed by atoms with van der Waals surface area (Å²) in [5.41, 5.74) is 0. The first-order chi connectivity index (χ1) is 13.9. The van der Waals surface area contributed by atoms with Crippen LogP contribution in [0.5, 0.6) is 5.88 Å². The molecule has 0 amide bonds. The Morgan fingerprint density at radius 3 is 2.37 bits per heavy atom. The van der Waals surface area contributed by atoms with Crippen molar-refractivity contribution >= 4 is 9.84 Å². The van der Waals surface area contributed by atoms with Crippen LogP contribution in [0.15, 0.2) is 23.2 Å². The zero-order valence-electron chi connectivity index (χ0n) is 16.5. The van der Waals surface area contributed by atoms with Crippen LogP contribution in [0, 0.1) is 17.8 Å². The quantitative estimate of drug-likeness (QED) is 0.557. The van der Waals surface area contributed by atoms with Crippen LogP contribution < -0.4 is 4.74 Å². The highest BCUT2D eigenvalue weighted by atomic mass is 32.2. The lowest BCUT2D eigenvalue weighted by atomic mass is 9.90. The number of halogens is 5. The molecule has 0 spiro atoms. The van der Waals surface area contributed by atoms with Crippen molar-refractivity contribution in [3.05, 3.63) is 18.3 Å². The number of piperidine rings is 1. The molecule has 1 aliphatic heterocycles. The summed E-state index contributed by atoms with van der Waals surface area (Å²) in [5.74, 6) is -3.07. The molecule has 11 heteroatoms. The summed E-state index contributed by atoms with van der Waals surface area (Å²) in [6, 6.07) is 2.95. The van der Waals surface area contributed by atoms with Gasteiger partial charge in [0.25, 0.3) is 0 Å². The molecular formula is C19H25F5N2O3S. The largest absolute Gasteiger partial charge is 0.478 e. The number of hydrogen-bond acceptors (Lipinski definition) is 5. The first-order valence-electron chi connectivity index (χ1n) is 9.82. The van der Waals surface area contributed by atoms with Crippen LogP contribution in [0.25, 0.3) is 0 Å². The average Bonchev–Trinajstić information content (AvgIpc) is 3.40. The second-order valence-electron chi connectivity index (χ2n) is 8.22. The molecule has 0 N–H and O–H groups in total. The lowest BCUT2D eigenvalue weighted by Crippen LogP contribution is -2.49. The predicted octanol–water partition coefficient (Wildman–Crippen LogP) is 3.80. The summed E-state index contributed by atoms with van der Waals surface area (Å²) in [7, 11) is -3.30. The van der Waals surface area contributed by atoms with Gasteiger partial charge in [0, 0.05) is 18.5 Å². The van der Waals surface area contributed by atoms with Gasteiger partial charge >= 0.3 is 12.1 Å². The van der Waals surface area contributed by atoms with E-state index < -0.39 is 28.5 Å². The third-order valence-corrected chi connectivity index (χ3v) is 7.03. The van der Waals surface area contributed by atoms with Crippen LogP contribution in [0.4, 0.5) is 22.0 Å². The van der Waals surface area contributed by atoms with Crippen LogP contribution in [-0.2, 0) is 9.84 Å². The van der Waals surface area contributed by atoms with E-state index in [-0.39, 0.29) is 18.0 Å². The predicted molar refractivity (Wildman–Crippen MR) is 99.2 cm³/mol. The second-order valence-corrected chi connectivity index (χ2v) is 10.2. The molecule has 2 fully saturated rings. The highest BCUT2D eigenvalue weighted by molar-refractivity contribution is 7.90. The number of nitrogens with zero attached hydrogens (tertiary/aromatic N) is 2. The smallest absolute Gasteiger partial charge is 0.454 e. The molecule has 2 atom stereocenters. The Morgan fingerprint density at radius 2 is 1.83 bits per heavy atom. The van der Waals surface area contributed by atoms with Crippen LogP contribution >= 0.6 is 0 Å². The molecule has 30 heavy (non-hydrogen) atoms. The number of ether oxygens (including phenoxy) is 1. The van der Waals surface area contributed by atoms with E-state index in [2.05, 4.69) is 4.98 Å². The van der Waals surface area contributed by atoms with Crippen molar-refractivity contribution < 1.29 is 35.1 Å². The van der Waals surface area contributed by atoms with Gasteiger partial charge in [-0.05, 0) is 62.6 Å². The van der Waals surface area contributed by atoms with Crippen molar-refractivity contribution in [3.8, 4) is 5.88 Å². The third-order valence-electron chi connectivity index (χ3n) is 5.93. The van der Waals surface area contributed by atoms with Crippen LogP contribution in [0.2, 0.25) is 0 Å². The summed E-state index contributed by atoms with van der Waals surface area (Å²) in [6.45, 7) is -0.321. The van der Waals surface area contributed by atoms with Crippen molar-refractivity contribution in [3.63, 3.8) is 0 Å². The molecule has 1 saturated carbocycles. The number of rotatable bonds is 8. The molecule has 2 aliphatic rings. The molecule has 1 aromatic rings. The van der Waals surface area contributed by atoms with Gasteiger partial charge in [0.2, 0.25) is 5.88 Å². The zero-order chi connectivity index (χ0) is 22.2. The lowest BCUT2D eigenvalue weighted by molar-refractivity contribution is -0.287. The monoisotopic (exact) mass is 456 g/mol. The van der Waals surface area contributed by atoms with Crippen molar-refractivity contribution in [2.75, 3.05) is 32.5 Å². The first kappa shape index (κ1) is 23.2. The average molecular weight is 456 g/mol. The number of likely N-dealkylation sites (tertiary alicyclic amines) is 1. The van der Waals surface area contributed by atoms with E-state index in [1.165, 1.54) is 23.2 Å². The standard InChI is InChI=1S/C19H25F5N2O3S/c1-30(27,28)15-2-3-17(25-11-15)29-9-6-14-10-16(14)13-4-7-26(8-5-13)12-18(20,21)19(22,23)24/h2-3,11,13-14,16H,4-10,12H2,1H3/t14-,16-/m1/s1. The van der Waals surface area contributed by atoms with E-state index in [4.69, 9.17) is 4.74 Å². The minimum absolute atomic E-state index is 0.122. The van der Waals surface area contributed by atoms with Crippen molar-refractivity contribution in [1.29, 1.82) is 0 Å². The van der Waals surface area contributed by atoms with Gasteiger partial charge in [-0.1, -0.05) is 0 Å². The number of hydrogen-bond donors (Lipinski definition) is 0. The van der Waals surface area contributed by atoms with Gasteiger partial charge in [0.1, 0.15) is 0 Å². The van der Waals surface area contributed by atoms with E-state index >= 15 is 0 Å². The van der Waals surface area contributed by atoms with Gasteiger partial charge < -0.3 is 4.74 Å². The summed E-state index contributed by atoms with van der Waals surface area (Å²) in [4.78, 5) is 5.30. The van der Waals surface area contributed by atoms with Crippen LogP contribution in [-0.4, -0.2) is 62.9 Å². The lowest BCUT2D eigenvalue weighted by Gasteiger charge is -2.34. The molecule has 0 aromatic carbocycles. The van der Waals surface area contributed by atoms with Crippen LogP contribution in [0.3, 0.4) is 0 Å². The van der Waals surface area contributed by atoms with E-state index in [0.717, 1.165) is 19.1 Å². The number of aromatic nitrogens is 1. The molecule has 3 rings (SSSR count). The van der Waals surface area contributed by atoms with Gasteiger partial charge in [-0.25, -0.2) is 13.4 Å². The van der Waals surface area contributed by atoms with Crippen molar-refractivity contribution in [2.45, 2.75) is 42.7 Å². The van der Waals surface area contributed by atoms with Gasteiger partial charge in [-0.15, -0.1) is 0 Å². The molecule has 2 heterocycles. The van der Waals surface area contributed by atoms with Gasteiger partial charge in [-0.2, -0.15) is 22.0 Å². The maximum Gasteiger partial charge on any atom is 0.454 e. The Kier molecular flexibility index (Phi) is 6.62. The fourth-order valence-corrected chi connectivity index (χ4v) is 4.64. The number of alkyl halides is 5. The first-order valence-corrected chi connectivity index (χ1v) is 11.7. The van der Waals surface area contributed by atoms with Gasteiger partial charge in [0.15, 0.2) is 9.84 Å². The van der Waals surface area contributed by atoms with Gasteiger partial charge in [0.05, 0.1) is 18.0 Å². The topological polar surface area (TPSA) is 59.5 Å². The zero-order valence-corrected chi connectivity index (χ0v) is 17.4. The molecule has 5 nitrogen and oxygen atoms in total. The van der Waals surface area contributed by atoms with Gasteiger partial charge in [-0.3, -0.25) is 4.90 Å². The Morgan fingerprint density at radius 1 is 1.17 bits per heavy atom. The number of pyridine rings is 1. The Balaban J connectivity index is 1.36. The fraction of sp³-hybridized carbons (Fsp3) is 0.737. The minimum atomic E-state index is -5.51. The molecule has 1 saturated heterocycles. The molecule has 1 aliphatic carbocycles. The van der Waals surface area contributed by atoms with Crippen LogP contribution in [0.1, 0.15) is 25.7 Å². The summed E-state index contributed by atoms with van der Waals surface area (Å²) in [5, 5.41) is 0. The highest BCUT2D eigenvalue weighted by Crippen LogP contribution is 2.50. The van der Waals surface area contributed by atoms with Crippen molar-refractivity contribution in [2.24, 2.45) is 17.8 Å². The van der Waals surface area contributed by atoms with Crippen molar-refractivity contribution in [1.82, 2.24) is 9.88 Å². The maximum atomic E-state index is 13.2. The van der Waals surface area contributed by atoms with E-state index in [1.807, 2.05) is 0 Å². The molecule has 1 aromatic heterocycles. The van der Waals surface area contributed by atoms with E-state index in [1.54, 1.807) is 0 Å². The highest BCUT2D eigenvalue weighted by Gasteiger charge is 2.58. The Hall–Kier alpha value is -1.49. The fourth-order valence-electron chi connectivity index (χ4n) is 4.08. The third kappa shape index (κ3) is 5.81. The van der Waals surface area contributed by atoms with E-state index in [0.29, 0.717) is 43.1 Å². The molecule has 0 unspecified atom stereocenters. The molecular weight excluding hydrogens is 431 g/mol. The maximum absolute atomic E-state index is 13.2. The molecule has 0 bridgehead atoms. The minimum Gasteiger partial charge on any atom is -0.478 e. The Labute approximate surface area is 172 Å².